The third-order valence-corrected chi connectivity index (χ3v) is 5.80. The van der Waals surface area contributed by atoms with E-state index in [-0.39, 0.29) is 10.8 Å². The van der Waals surface area contributed by atoms with Crippen molar-refractivity contribution in [1.82, 2.24) is 4.31 Å². The zero-order valence-electron chi connectivity index (χ0n) is 15.0. The minimum absolute atomic E-state index is 0.198. The number of rotatable bonds is 5. The second-order valence-corrected chi connectivity index (χ2v) is 8.74. The van der Waals surface area contributed by atoms with Crippen molar-refractivity contribution in [1.29, 1.82) is 0 Å². The van der Waals surface area contributed by atoms with Gasteiger partial charge in [0, 0.05) is 24.7 Å². The summed E-state index contributed by atoms with van der Waals surface area (Å²) in [6, 6.07) is 15.7. The number of benzene rings is 2. The molecule has 0 atom stereocenters. The van der Waals surface area contributed by atoms with E-state index in [1.807, 2.05) is 51.1 Å². The Bertz CT molecular complexity index is 823. The Morgan fingerprint density at radius 3 is 2.04 bits per heavy atom. The van der Waals surface area contributed by atoms with Crippen LogP contribution >= 0.6 is 0 Å². The number of anilines is 1. The fraction of sp³-hybridized carbons (Fsp3) is 0.316. The molecule has 1 amide bonds. The quantitative estimate of drug-likeness (QED) is 0.885. The van der Waals surface area contributed by atoms with E-state index in [9.17, 15) is 13.2 Å². The Balaban J connectivity index is 2.36. The molecule has 0 radical (unpaired) electrons. The predicted octanol–water partition coefficient (Wildman–Crippen LogP) is 3.63. The molecule has 2 aromatic rings. The molecular formula is C19H24N2O3S. The summed E-state index contributed by atoms with van der Waals surface area (Å²) >= 11 is 0. The molecule has 1 N–H and O–H groups in total. The SMILES string of the molecule is CC(=O)Nc1ccc(S(=O)(=O)N(Cc2ccccc2)C(C)(C)C)cc1. The first kappa shape index (κ1) is 19.1. The average Bonchev–Trinajstić information content (AvgIpc) is 2.52. The van der Waals surface area contributed by atoms with Crippen molar-refractivity contribution in [2.45, 2.75) is 44.7 Å². The van der Waals surface area contributed by atoms with Crippen LogP contribution in [0, 0.1) is 0 Å². The maximum absolute atomic E-state index is 13.2. The Kier molecular flexibility index (Phi) is 5.65. The molecule has 0 aromatic heterocycles. The van der Waals surface area contributed by atoms with Gasteiger partial charge < -0.3 is 5.32 Å². The molecule has 25 heavy (non-hydrogen) atoms. The van der Waals surface area contributed by atoms with E-state index in [4.69, 9.17) is 0 Å². The highest BCUT2D eigenvalue weighted by Crippen LogP contribution is 2.27. The smallest absolute Gasteiger partial charge is 0.243 e. The molecule has 2 aromatic carbocycles. The molecule has 0 spiro atoms. The maximum atomic E-state index is 13.2. The molecule has 0 unspecified atom stereocenters. The number of nitrogens with zero attached hydrogens (tertiary/aromatic N) is 1. The minimum atomic E-state index is -3.68. The summed E-state index contributed by atoms with van der Waals surface area (Å²) in [5, 5.41) is 2.64. The van der Waals surface area contributed by atoms with E-state index in [2.05, 4.69) is 5.32 Å². The average molecular weight is 360 g/mol. The lowest BCUT2D eigenvalue weighted by atomic mass is 10.1. The van der Waals surface area contributed by atoms with Gasteiger partial charge in [0.1, 0.15) is 0 Å². The summed E-state index contributed by atoms with van der Waals surface area (Å²) in [7, 11) is -3.68. The van der Waals surface area contributed by atoms with Gasteiger partial charge in [-0.1, -0.05) is 30.3 Å². The minimum Gasteiger partial charge on any atom is -0.326 e. The molecule has 0 aliphatic heterocycles. The Morgan fingerprint density at radius 2 is 1.56 bits per heavy atom. The molecule has 0 saturated heterocycles. The molecule has 6 heteroatoms. The fourth-order valence-corrected chi connectivity index (χ4v) is 4.25. The van der Waals surface area contributed by atoms with Crippen LogP contribution in [-0.2, 0) is 21.4 Å². The van der Waals surface area contributed by atoms with Crippen molar-refractivity contribution in [3.05, 3.63) is 60.2 Å². The lowest BCUT2D eigenvalue weighted by Crippen LogP contribution is -2.44. The van der Waals surface area contributed by atoms with Gasteiger partial charge in [0.05, 0.1) is 4.90 Å². The van der Waals surface area contributed by atoms with Crippen LogP contribution in [0.2, 0.25) is 0 Å². The van der Waals surface area contributed by atoms with Crippen LogP contribution < -0.4 is 5.32 Å². The standard InChI is InChI=1S/C19H24N2O3S/c1-15(22)20-17-10-12-18(13-11-17)25(23,24)21(19(2,3)4)14-16-8-6-5-7-9-16/h5-13H,14H2,1-4H3,(H,20,22). The lowest BCUT2D eigenvalue weighted by molar-refractivity contribution is -0.114. The molecule has 0 aliphatic rings. The van der Waals surface area contributed by atoms with Gasteiger partial charge in [0.25, 0.3) is 0 Å². The Hall–Kier alpha value is -2.18. The summed E-state index contributed by atoms with van der Waals surface area (Å²) in [6.07, 6.45) is 0. The van der Waals surface area contributed by atoms with Crippen LogP contribution in [0.3, 0.4) is 0 Å². The molecule has 0 bridgehead atoms. The molecular weight excluding hydrogens is 336 g/mol. The number of sulfonamides is 1. The van der Waals surface area contributed by atoms with Crippen LogP contribution in [0.15, 0.2) is 59.5 Å². The van der Waals surface area contributed by atoms with E-state index in [1.165, 1.54) is 23.4 Å². The van der Waals surface area contributed by atoms with Crippen LogP contribution in [-0.4, -0.2) is 24.2 Å². The van der Waals surface area contributed by atoms with E-state index < -0.39 is 15.6 Å². The van der Waals surface area contributed by atoms with Gasteiger partial charge >= 0.3 is 0 Å². The summed E-state index contributed by atoms with van der Waals surface area (Å²) in [5.41, 5.74) is 0.915. The first-order valence-electron chi connectivity index (χ1n) is 8.05. The summed E-state index contributed by atoms with van der Waals surface area (Å²) in [4.78, 5) is 11.3. The van der Waals surface area contributed by atoms with Crippen LogP contribution in [0.25, 0.3) is 0 Å². The first-order chi connectivity index (χ1) is 11.6. The highest BCUT2D eigenvalue weighted by molar-refractivity contribution is 7.89. The van der Waals surface area contributed by atoms with Crippen LogP contribution in [0.5, 0.6) is 0 Å². The molecule has 0 aliphatic carbocycles. The van der Waals surface area contributed by atoms with E-state index in [0.29, 0.717) is 12.2 Å². The monoisotopic (exact) mass is 360 g/mol. The van der Waals surface area contributed by atoms with Crippen molar-refractivity contribution in [2.75, 3.05) is 5.32 Å². The third-order valence-electron chi connectivity index (χ3n) is 3.68. The zero-order valence-corrected chi connectivity index (χ0v) is 15.8. The first-order valence-corrected chi connectivity index (χ1v) is 9.49. The van der Waals surface area contributed by atoms with E-state index in [0.717, 1.165) is 5.56 Å². The number of amides is 1. The van der Waals surface area contributed by atoms with Gasteiger partial charge in [0.2, 0.25) is 15.9 Å². The van der Waals surface area contributed by atoms with Gasteiger partial charge in [-0.25, -0.2) is 8.42 Å². The predicted molar refractivity (Wildman–Crippen MR) is 99.7 cm³/mol. The molecule has 5 nitrogen and oxygen atoms in total. The Labute approximate surface area is 149 Å². The van der Waals surface area contributed by atoms with E-state index >= 15 is 0 Å². The molecule has 0 fully saturated rings. The van der Waals surface area contributed by atoms with Gasteiger partial charge in [-0.15, -0.1) is 0 Å². The maximum Gasteiger partial charge on any atom is 0.243 e. The number of hydrogen-bond acceptors (Lipinski definition) is 3. The zero-order chi connectivity index (χ0) is 18.7. The van der Waals surface area contributed by atoms with Crippen molar-refractivity contribution in [2.24, 2.45) is 0 Å². The largest absolute Gasteiger partial charge is 0.326 e. The molecule has 0 heterocycles. The highest BCUT2D eigenvalue weighted by atomic mass is 32.2. The normalized spacial score (nSPS) is 12.2. The van der Waals surface area contributed by atoms with E-state index in [1.54, 1.807) is 12.1 Å². The van der Waals surface area contributed by atoms with Crippen molar-refractivity contribution >= 4 is 21.6 Å². The second-order valence-electron chi connectivity index (χ2n) is 6.87. The highest BCUT2D eigenvalue weighted by Gasteiger charge is 2.34. The fourth-order valence-electron chi connectivity index (χ4n) is 2.47. The van der Waals surface area contributed by atoms with Crippen molar-refractivity contribution < 1.29 is 13.2 Å². The lowest BCUT2D eigenvalue weighted by Gasteiger charge is -2.34. The Morgan fingerprint density at radius 1 is 1.00 bits per heavy atom. The topological polar surface area (TPSA) is 66.5 Å². The van der Waals surface area contributed by atoms with Crippen LogP contribution in [0.1, 0.15) is 33.3 Å². The van der Waals surface area contributed by atoms with Crippen molar-refractivity contribution in [3.63, 3.8) is 0 Å². The van der Waals surface area contributed by atoms with Crippen LogP contribution in [0.4, 0.5) is 5.69 Å². The number of nitrogens with one attached hydrogen (secondary N) is 1. The number of carbonyl (C=O) groups is 1. The van der Waals surface area contributed by atoms with Gasteiger partial charge in [-0.05, 0) is 50.6 Å². The van der Waals surface area contributed by atoms with Gasteiger partial charge in [-0.3, -0.25) is 4.79 Å². The second kappa shape index (κ2) is 7.37. The summed E-state index contributed by atoms with van der Waals surface area (Å²) in [5.74, 6) is -0.198. The summed E-state index contributed by atoms with van der Waals surface area (Å²) < 4.78 is 27.8. The summed E-state index contributed by atoms with van der Waals surface area (Å²) in [6.45, 7) is 7.32. The van der Waals surface area contributed by atoms with Gasteiger partial charge in [-0.2, -0.15) is 4.31 Å². The van der Waals surface area contributed by atoms with Crippen molar-refractivity contribution in [3.8, 4) is 0 Å². The number of hydrogen-bond donors (Lipinski definition) is 1. The molecule has 2 rings (SSSR count). The molecule has 134 valence electrons. The number of carbonyl (C=O) groups excluding carboxylic acids is 1. The third kappa shape index (κ3) is 4.90. The van der Waals surface area contributed by atoms with Gasteiger partial charge in [0.15, 0.2) is 0 Å². The molecule has 0 saturated carbocycles.